The second-order valence-corrected chi connectivity index (χ2v) is 20.0. The zero-order valence-corrected chi connectivity index (χ0v) is 44.3. The third-order valence-corrected chi connectivity index (χ3v) is 13.4. The molecule has 7 unspecified atom stereocenters. The van der Waals surface area contributed by atoms with E-state index in [1.807, 2.05) is 0 Å². The molecule has 0 aliphatic carbocycles. The fourth-order valence-corrected chi connectivity index (χ4v) is 9.39. The number of rotatable bonds is 45. The topological polar surface area (TPSA) is 233 Å². The minimum absolute atomic E-state index is 0.0207. The molecule has 17 heteroatoms. The average molecular weight is 1010 g/mol. The van der Waals surface area contributed by atoms with Gasteiger partial charge in [0.1, 0.15) is 61.4 Å². The number of unbranched alkanes of at least 4 members (excludes halogenated alkanes) is 26. The zero-order valence-electron chi connectivity index (χ0n) is 44.3. The van der Waals surface area contributed by atoms with E-state index in [4.69, 9.17) is 38.5 Å². The van der Waals surface area contributed by atoms with Crippen molar-refractivity contribution >= 4 is 11.8 Å². The Morgan fingerprint density at radius 3 is 1.40 bits per heavy atom. The van der Waals surface area contributed by atoms with Gasteiger partial charge in [0.25, 0.3) is 0 Å². The zero-order chi connectivity index (χ0) is 51.2. The van der Waals surface area contributed by atoms with Crippen LogP contribution < -0.4 is 10.6 Å². The largest absolute Gasteiger partial charge is 0.394 e. The van der Waals surface area contributed by atoms with E-state index in [0.29, 0.717) is 13.2 Å². The van der Waals surface area contributed by atoms with Crippen LogP contribution in [0.1, 0.15) is 221 Å². The third-order valence-electron chi connectivity index (χ3n) is 13.4. The molecule has 0 aromatic heterocycles. The normalized spacial score (nSPS) is 25.7. The summed E-state index contributed by atoms with van der Waals surface area (Å²) in [5, 5.41) is 58.2. The summed E-state index contributed by atoms with van der Waals surface area (Å²) in [4.78, 5) is 47.5. The van der Waals surface area contributed by atoms with Gasteiger partial charge in [0, 0.05) is 20.3 Å². The predicted molar refractivity (Wildman–Crippen MR) is 268 cm³/mol. The van der Waals surface area contributed by atoms with Crippen LogP contribution in [0.25, 0.3) is 0 Å². The maximum atomic E-state index is 12.5. The van der Waals surface area contributed by atoms with E-state index in [1.54, 1.807) is 6.92 Å². The standard InChI is InChI=1S/C53H102N2O15/c1-6-8-10-12-14-16-18-20-22-24-26-28-30-32-34-63-65-39-43(70-64-35-33-31-29-27-25-23-21-19-17-15-13-11-9-7-2)36-40(3)66-51-47(55-42(5)59)52(62)67-45(38-57)50(51)69-53-46(54-41(4)58)49(61)48(60)44(37-56)68-53/h40,43-53,56-57,60-62H,6-39H2,1-5H3,(H,54,58)(H,55,59)/t40?,43?,44?,45?,46?,47?,48-,49-,50-,51-,52?,53+/m1/s1. The van der Waals surface area contributed by atoms with E-state index < -0.39 is 98.5 Å². The molecule has 2 aliphatic rings. The first kappa shape index (κ1) is 64.5. The minimum Gasteiger partial charge on any atom is -0.394 e. The van der Waals surface area contributed by atoms with Gasteiger partial charge >= 0.3 is 0 Å². The Morgan fingerprint density at radius 2 is 0.957 bits per heavy atom. The molecule has 2 amide bonds. The van der Waals surface area contributed by atoms with Gasteiger partial charge in [-0.3, -0.25) is 9.59 Å². The van der Waals surface area contributed by atoms with Crippen molar-refractivity contribution in [3.05, 3.63) is 0 Å². The monoisotopic (exact) mass is 1010 g/mol. The van der Waals surface area contributed by atoms with Gasteiger partial charge in [-0.2, -0.15) is 0 Å². The van der Waals surface area contributed by atoms with Crippen molar-refractivity contribution in [1.29, 1.82) is 0 Å². The van der Waals surface area contributed by atoms with E-state index in [-0.39, 0.29) is 13.0 Å². The number of ether oxygens (including phenoxy) is 4. The summed E-state index contributed by atoms with van der Waals surface area (Å²) in [7, 11) is 0. The molecule has 0 spiro atoms. The average Bonchev–Trinajstić information content (AvgIpc) is 3.33. The lowest BCUT2D eigenvalue weighted by molar-refractivity contribution is -0.371. The molecule has 0 bridgehead atoms. The van der Waals surface area contributed by atoms with Gasteiger partial charge in [-0.25, -0.2) is 19.6 Å². The first-order valence-electron chi connectivity index (χ1n) is 27.9. The second-order valence-electron chi connectivity index (χ2n) is 20.0. The van der Waals surface area contributed by atoms with Crippen LogP contribution in [0.3, 0.4) is 0 Å². The molecular weight excluding hydrogens is 905 g/mol. The number of hydrogen-bond acceptors (Lipinski definition) is 15. The quantitative estimate of drug-likeness (QED) is 0.0174. The maximum Gasteiger partial charge on any atom is 0.217 e. The van der Waals surface area contributed by atoms with E-state index in [1.165, 1.54) is 155 Å². The van der Waals surface area contributed by atoms with Crippen LogP contribution in [0.4, 0.5) is 0 Å². The smallest absolute Gasteiger partial charge is 0.217 e. The lowest BCUT2D eigenvalue weighted by Crippen LogP contribution is -2.69. The van der Waals surface area contributed by atoms with Gasteiger partial charge in [0.05, 0.1) is 32.5 Å². The van der Waals surface area contributed by atoms with Crippen LogP contribution in [0.5, 0.6) is 0 Å². The van der Waals surface area contributed by atoms with Gasteiger partial charge in [-0.15, -0.1) is 0 Å². The van der Waals surface area contributed by atoms with Crippen LogP contribution in [0.2, 0.25) is 0 Å². The van der Waals surface area contributed by atoms with Crippen LogP contribution >= 0.6 is 0 Å². The van der Waals surface area contributed by atoms with Crippen molar-refractivity contribution in [3.8, 4) is 0 Å². The summed E-state index contributed by atoms with van der Waals surface area (Å²) < 4.78 is 24.4. The highest BCUT2D eigenvalue weighted by Gasteiger charge is 2.52. The Bertz CT molecular complexity index is 1260. The molecule has 7 N–H and O–H groups in total. The van der Waals surface area contributed by atoms with E-state index in [0.717, 1.165) is 38.5 Å². The number of nitrogens with one attached hydrogen (secondary N) is 2. The first-order chi connectivity index (χ1) is 34.0. The highest BCUT2D eigenvalue weighted by atomic mass is 17.2. The van der Waals surface area contributed by atoms with Crippen LogP contribution in [-0.4, -0.2) is 144 Å². The molecule has 2 rings (SSSR count). The summed E-state index contributed by atoms with van der Waals surface area (Å²) in [6.45, 7) is 8.23. The van der Waals surface area contributed by atoms with E-state index >= 15 is 0 Å². The van der Waals surface area contributed by atoms with Gasteiger partial charge in [-0.05, 0) is 19.8 Å². The lowest BCUT2D eigenvalue weighted by Gasteiger charge is -2.49. The van der Waals surface area contributed by atoms with Gasteiger partial charge in [0.2, 0.25) is 11.8 Å². The molecule has 2 aliphatic heterocycles. The molecule has 2 saturated heterocycles. The minimum atomic E-state index is -1.64. The van der Waals surface area contributed by atoms with Crippen molar-refractivity contribution < 1.29 is 73.6 Å². The number of aliphatic hydroxyl groups is 5. The van der Waals surface area contributed by atoms with Crippen molar-refractivity contribution in [2.45, 2.75) is 294 Å². The van der Waals surface area contributed by atoms with Gasteiger partial charge in [0.15, 0.2) is 12.6 Å². The molecule has 70 heavy (non-hydrogen) atoms. The van der Waals surface area contributed by atoms with Crippen molar-refractivity contribution in [2.75, 3.05) is 33.0 Å². The summed E-state index contributed by atoms with van der Waals surface area (Å²) in [6, 6.07) is -2.55. The Morgan fingerprint density at radius 1 is 0.529 bits per heavy atom. The number of carbonyl (C=O) groups excluding carboxylic acids is 2. The van der Waals surface area contributed by atoms with Crippen LogP contribution in [0, 0.1) is 0 Å². The summed E-state index contributed by atoms with van der Waals surface area (Å²) in [5.74, 6) is -1.08. The van der Waals surface area contributed by atoms with E-state index in [9.17, 15) is 35.1 Å². The molecule has 414 valence electrons. The second kappa shape index (κ2) is 41.7. The van der Waals surface area contributed by atoms with Crippen molar-refractivity contribution in [3.63, 3.8) is 0 Å². The molecule has 17 nitrogen and oxygen atoms in total. The van der Waals surface area contributed by atoms with Crippen molar-refractivity contribution in [2.24, 2.45) is 0 Å². The molecule has 0 aromatic carbocycles. The molecule has 2 fully saturated rings. The SMILES string of the molecule is CCCCCCCCCCCCCCCCOOCC(CC(C)O[C@@H]1C(NC(C)=O)C(O)OC(CO)[C@H]1O[C@@H]1OC(CO)[C@@H](O)[C@H](O)C1NC(C)=O)OOCCCCCCCCCCCCCCCC. The number of hydrogen-bond donors (Lipinski definition) is 7. The highest BCUT2D eigenvalue weighted by molar-refractivity contribution is 5.73. The molecule has 12 atom stereocenters. The molecule has 2 heterocycles. The van der Waals surface area contributed by atoms with E-state index in [2.05, 4.69) is 24.5 Å². The molecular formula is C53H102N2O15. The summed E-state index contributed by atoms with van der Waals surface area (Å²) in [6.07, 6.45) is 22.6. The Hall–Kier alpha value is -1.58. The summed E-state index contributed by atoms with van der Waals surface area (Å²) >= 11 is 0. The lowest BCUT2D eigenvalue weighted by atomic mass is 9.94. The fourth-order valence-electron chi connectivity index (χ4n) is 9.39. The van der Waals surface area contributed by atoms with Crippen LogP contribution in [-0.2, 0) is 48.1 Å². The Labute approximate surface area is 422 Å². The summed E-state index contributed by atoms with van der Waals surface area (Å²) in [5.41, 5.74) is 0. The van der Waals surface area contributed by atoms with Gasteiger partial charge in [-0.1, -0.05) is 181 Å². The molecule has 0 aromatic rings. The Balaban J connectivity index is 1.99. The molecule has 0 saturated carbocycles. The van der Waals surface area contributed by atoms with Crippen molar-refractivity contribution in [1.82, 2.24) is 10.6 Å². The number of aliphatic hydroxyl groups excluding tert-OH is 5. The third kappa shape index (κ3) is 28.8. The molecule has 0 radical (unpaired) electrons. The first-order valence-corrected chi connectivity index (χ1v) is 27.9. The predicted octanol–water partition coefficient (Wildman–Crippen LogP) is 7.92. The fraction of sp³-hybridized carbons (Fsp3) is 0.962. The van der Waals surface area contributed by atoms with Gasteiger partial charge < -0.3 is 55.1 Å². The maximum absolute atomic E-state index is 12.5. The number of amides is 2. The Kier molecular flexibility index (Phi) is 38.5. The highest BCUT2D eigenvalue weighted by Crippen LogP contribution is 2.32. The number of carbonyl (C=O) groups is 2. The van der Waals surface area contributed by atoms with Crippen LogP contribution in [0.15, 0.2) is 0 Å².